The maximum Gasteiger partial charge on any atom is 0.337 e. The van der Waals surface area contributed by atoms with Crippen molar-refractivity contribution in [1.29, 1.82) is 0 Å². The number of hydrogen-bond acceptors (Lipinski definition) is 3. The number of hydrogen-bond donors (Lipinski definition) is 3. The summed E-state index contributed by atoms with van der Waals surface area (Å²) < 4.78 is 0. The molecule has 1 atom stereocenters. The minimum atomic E-state index is -1.73. The summed E-state index contributed by atoms with van der Waals surface area (Å²) in [7, 11) is 0. The van der Waals surface area contributed by atoms with E-state index < -0.39 is 23.5 Å². The number of carboxylic acids is 2. The van der Waals surface area contributed by atoms with Crippen molar-refractivity contribution in [3.63, 3.8) is 0 Å². The molecular weight excluding hydrogens is 162 g/mol. The monoisotopic (exact) mass is 173 g/mol. The highest BCUT2D eigenvalue weighted by Crippen LogP contribution is 2.32. The largest absolute Gasteiger partial charge is 0.479 e. The smallest absolute Gasteiger partial charge is 0.337 e. The van der Waals surface area contributed by atoms with E-state index in [1.807, 2.05) is 0 Å². The molecule has 1 aliphatic rings. The fourth-order valence-electron chi connectivity index (χ4n) is 1.35. The molecule has 5 heteroatoms. The highest BCUT2D eigenvalue weighted by molar-refractivity contribution is 6.08. The Hall–Kier alpha value is -1.10. The normalized spacial score (nSPS) is 25.4. The third-order valence-corrected chi connectivity index (χ3v) is 2.11. The number of nitrogens with one attached hydrogen (secondary N) is 1. The summed E-state index contributed by atoms with van der Waals surface area (Å²) in [6.07, 6.45) is 0. The van der Waals surface area contributed by atoms with E-state index in [0.717, 1.165) is 0 Å². The Morgan fingerprint density at radius 3 is 1.83 bits per heavy atom. The van der Waals surface area contributed by atoms with Gasteiger partial charge < -0.3 is 10.2 Å². The molecule has 1 aliphatic heterocycles. The molecule has 0 spiro atoms. The van der Waals surface area contributed by atoms with Gasteiger partial charge in [0.05, 0.1) is 6.04 Å². The number of rotatable bonds is 3. The molecule has 1 heterocycles. The minimum Gasteiger partial charge on any atom is -0.479 e. The van der Waals surface area contributed by atoms with Crippen molar-refractivity contribution in [2.75, 3.05) is 0 Å². The van der Waals surface area contributed by atoms with E-state index in [2.05, 4.69) is 5.32 Å². The van der Waals surface area contributed by atoms with Crippen LogP contribution in [0.5, 0.6) is 0 Å². The Kier molecular flexibility index (Phi) is 1.83. The zero-order chi connectivity index (χ0) is 9.52. The molecule has 0 radical (unpaired) electrons. The van der Waals surface area contributed by atoms with Gasteiger partial charge in [-0.25, -0.2) is 9.59 Å². The molecule has 0 bridgehead atoms. The molecular formula is C7H11NO4. The van der Waals surface area contributed by atoms with Crippen LogP contribution in [0.15, 0.2) is 0 Å². The van der Waals surface area contributed by atoms with Crippen molar-refractivity contribution >= 4 is 11.9 Å². The van der Waals surface area contributed by atoms with Gasteiger partial charge in [0, 0.05) is 0 Å². The summed E-state index contributed by atoms with van der Waals surface area (Å²) in [5.41, 5.74) is -1.73. The second-order valence-corrected chi connectivity index (χ2v) is 3.28. The Morgan fingerprint density at radius 1 is 1.33 bits per heavy atom. The van der Waals surface area contributed by atoms with Crippen molar-refractivity contribution in [3.8, 4) is 0 Å². The number of carboxylic acid groups (broad SMARTS) is 2. The summed E-state index contributed by atoms with van der Waals surface area (Å²) in [6.45, 7) is 3.57. The molecule has 3 N–H and O–H groups in total. The van der Waals surface area contributed by atoms with Crippen LogP contribution in [-0.4, -0.2) is 33.7 Å². The highest BCUT2D eigenvalue weighted by atomic mass is 16.4. The standard InChI is InChI=1S/C7H11NO4/c1-3(2)4-7(8-4,5(9)10)6(11)12/h3-4,8H,1-2H3,(H,9,10)(H,11,12). The van der Waals surface area contributed by atoms with Crippen LogP contribution in [0.1, 0.15) is 13.8 Å². The van der Waals surface area contributed by atoms with Crippen molar-refractivity contribution in [3.05, 3.63) is 0 Å². The lowest BCUT2D eigenvalue weighted by Gasteiger charge is -2.05. The molecule has 1 rings (SSSR count). The molecule has 1 saturated heterocycles. The van der Waals surface area contributed by atoms with Crippen molar-refractivity contribution in [1.82, 2.24) is 5.32 Å². The third-order valence-electron chi connectivity index (χ3n) is 2.11. The Balaban J connectivity index is 2.83. The van der Waals surface area contributed by atoms with Crippen LogP contribution in [0, 0.1) is 5.92 Å². The van der Waals surface area contributed by atoms with E-state index >= 15 is 0 Å². The van der Waals surface area contributed by atoms with Gasteiger partial charge in [0.15, 0.2) is 0 Å². The van der Waals surface area contributed by atoms with Gasteiger partial charge in [-0.3, -0.25) is 5.32 Å². The SMILES string of the molecule is CC(C)C1NC1(C(=O)O)C(=O)O. The minimum absolute atomic E-state index is 0.0113. The molecule has 0 saturated carbocycles. The lowest BCUT2D eigenvalue weighted by Crippen LogP contribution is -2.39. The molecule has 0 aliphatic carbocycles. The molecule has 68 valence electrons. The van der Waals surface area contributed by atoms with Gasteiger partial charge in [-0.15, -0.1) is 0 Å². The van der Waals surface area contributed by atoms with Crippen LogP contribution in [0.2, 0.25) is 0 Å². The van der Waals surface area contributed by atoms with Gasteiger partial charge in [-0.2, -0.15) is 0 Å². The summed E-state index contributed by atoms with van der Waals surface area (Å²) in [6, 6.07) is -0.451. The average Bonchev–Trinajstić information content (AvgIpc) is 2.60. The fraction of sp³-hybridized carbons (Fsp3) is 0.714. The molecule has 12 heavy (non-hydrogen) atoms. The van der Waals surface area contributed by atoms with E-state index in [0.29, 0.717) is 0 Å². The van der Waals surface area contributed by atoms with E-state index in [9.17, 15) is 9.59 Å². The van der Waals surface area contributed by atoms with Crippen LogP contribution in [-0.2, 0) is 9.59 Å². The maximum absolute atomic E-state index is 10.6. The van der Waals surface area contributed by atoms with E-state index in [-0.39, 0.29) is 5.92 Å². The van der Waals surface area contributed by atoms with Crippen LogP contribution < -0.4 is 5.32 Å². The molecule has 0 amide bonds. The summed E-state index contributed by atoms with van der Waals surface area (Å²) in [5.74, 6) is -2.61. The Morgan fingerprint density at radius 2 is 1.75 bits per heavy atom. The zero-order valence-corrected chi connectivity index (χ0v) is 6.87. The molecule has 0 aromatic rings. The Labute approximate surface area is 69.4 Å². The zero-order valence-electron chi connectivity index (χ0n) is 6.87. The average molecular weight is 173 g/mol. The van der Waals surface area contributed by atoms with E-state index in [1.54, 1.807) is 13.8 Å². The maximum atomic E-state index is 10.6. The second-order valence-electron chi connectivity index (χ2n) is 3.28. The molecule has 0 aromatic carbocycles. The predicted octanol–water partition coefficient (Wildman–Crippen LogP) is -0.478. The van der Waals surface area contributed by atoms with Crippen LogP contribution in [0.3, 0.4) is 0 Å². The number of aliphatic carboxylic acids is 2. The third kappa shape index (κ3) is 0.972. The molecule has 5 nitrogen and oxygen atoms in total. The lowest BCUT2D eigenvalue weighted by atomic mass is 9.97. The molecule has 0 aromatic heterocycles. The second kappa shape index (κ2) is 2.45. The van der Waals surface area contributed by atoms with E-state index in [4.69, 9.17) is 10.2 Å². The van der Waals surface area contributed by atoms with Crippen molar-refractivity contribution in [2.24, 2.45) is 5.92 Å². The first-order valence-corrected chi connectivity index (χ1v) is 3.67. The summed E-state index contributed by atoms with van der Waals surface area (Å²) in [4.78, 5) is 21.2. The van der Waals surface area contributed by atoms with Gasteiger partial charge in [-0.1, -0.05) is 13.8 Å². The quantitative estimate of drug-likeness (QED) is 0.395. The first-order valence-electron chi connectivity index (χ1n) is 3.67. The van der Waals surface area contributed by atoms with Gasteiger partial charge in [0.25, 0.3) is 0 Å². The van der Waals surface area contributed by atoms with Gasteiger partial charge in [-0.05, 0) is 5.92 Å². The van der Waals surface area contributed by atoms with E-state index in [1.165, 1.54) is 0 Å². The highest BCUT2D eigenvalue weighted by Gasteiger charge is 2.67. The lowest BCUT2D eigenvalue weighted by molar-refractivity contribution is -0.152. The summed E-state index contributed by atoms with van der Waals surface area (Å²) in [5, 5.41) is 19.8. The van der Waals surface area contributed by atoms with Gasteiger partial charge in [0.1, 0.15) is 0 Å². The predicted molar refractivity (Wildman–Crippen MR) is 39.8 cm³/mol. The fourth-order valence-corrected chi connectivity index (χ4v) is 1.35. The first kappa shape index (κ1) is 8.99. The molecule has 1 fully saturated rings. The molecule has 1 unspecified atom stereocenters. The van der Waals surface area contributed by atoms with Crippen LogP contribution in [0.25, 0.3) is 0 Å². The van der Waals surface area contributed by atoms with Crippen molar-refractivity contribution < 1.29 is 19.8 Å². The Bertz CT molecular complexity index is 222. The van der Waals surface area contributed by atoms with Crippen molar-refractivity contribution in [2.45, 2.75) is 25.4 Å². The number of carbonyl (C=O) groups is 2. The van der Waals surface area contributed by atoms with Crippen LogP contribution in [0.4, 0.5) is 0 Å². The van der Waals surface area contributed by atoms with Gasteiger partial charge >= 0.3 is 11.9 Å². The van der Waals surface area contributed by atoms with Gasteiger partial charge in [0.2, 0.25) is 5.54 Å². The topological polar surface area (TPSA) is 96.5 Å². The van der Waals surface area contributed by atoms with Crippen LogP contribution >= 0.6 is 0 Å². The summed E-state index contributed by atoms with van der Waals surface area (Å²) >= 11 is 0. The first-order chi connectivity index (χ1) is 5.43.